The van der Waals surface area contributed by atoms with Gasteiger partial charge in [0.2, 0.25) is 11.8 Å². The first-order valence-electron chi connectivity index (χ1n) is 9.23. The molecular weight excluding hydrogens is 557 g/mol. The van der Waals surface area contributed by atoms with Gasteiger partial charge in [-0.3, -0.25) is 9.42 Å². The smallest absolute Gasteiger partial charge is 0.778 e. The molecule has 2 N–H and O–H groups in total. The number of rotatable bonds is 11. The van der Waals surface area contributed by atoms with Crippen LogP contribution < -0.4 is 78.2 Å². The summed E-state index contributed by atoms with van der Waals surface area (Å²) < 4.78 is 35.2. The molecule has 4 atom stereocenters. The van der Waals surface area contributed by atoms with E-state index in [9.17, 15) is 23.8 Å². The third kappa shape index (κ3) is 12.1. The van der Waals surface area contributed by atoms with Crippen molar-refractivity contribution in [1.82, 2.24) is 9.68 Å². The Bertz CT molecular complexity index is 1080. The molecule has 0 amide bonds. The van der Waals surface area contributed by atoms with Crippen LogP contribution in [-0.4, -0.2) is 53.2 Å². The Morgan fingerprint density at radius 1 is 1.06 bits per heavy atom. The summed E-state index contributed by atoms with van der Waals surface area (Å²) in [6.45, 7) is 0. The summed E-state index contributed by atoms with van der Waals surface area (Å²) in [7, 11) is -7.05. The third-order valence-electron chi connectivity index (χ3n) is 4.22. The monoisotopic (exact) mass is 580 g/mol. The van der Waals surface area contributed by atoms with Gasteiger partial charge >= 0.3 is 66.2 Å². The maximum absolute atomic E-state index is 11.8. The van der Waals surface area contributed by atoms with Crippen LogP contribution in [0.4, 0.5) is 0 Å². The summed E-state index contributed by atoms with van der Waals surface area (Å²) in [5.74, 6) is -0.634. The van der Waals surface area contributed by atoms with Gasteiger partial charge < -0.3 is 33.4 Å². The maximum Gasteiger partial charge on any atom is 1.00 e. The number of benzene rings is 2. The van der Waals surface area contributed by atoms with Crippen molar-refractivity contribution in [2.75, 3.05) is 27.5 Å². The molecular formula is C18H23N3Na2O8P3S+. The van der Waals surface area contributed by atoms with Crippen molar-refractivity contribution in [3.05, 3.63) is 59.7 Å². The minimum absolute atomic E-state index is 0. The minimum Gasteiger partial charge on any atom is -0.778 e. The second kappa shape index (κ2) is 15.6. The molecule has 17 heteroatoms. The average Bonchev–Trinajstić information content (AvgIpc) is 2.71. The molecule has 0 saturated carbocycles. The summed E-state index contributed by atoms with van der Waals surface area (Å²) >= 11 is 5.34. The van der Waals surface area contributed by atoms with E-state index >= 15 is 0 Å². The summed E-state index contributed by atoms with van der Waals surface area (Å²) in [4.78, 5) is 42.4. The molecule has 180 valence electrons. The fraction of sp³-hybridized carbons (Fsp3) is 0.278. The fourth-order valence-corrected chi connectivity index (χ4v) is 5.71. The Hall–Kier alpha value is 0.290. The zero-order valence-electron chi connectivity index (χ0n) is 19.9. The molecule has 0 aliphatic heterocycles. The summed E-state index contributed by atoms with van der Waals surface area (Å²) in [6, 6.07) is 12.8. The Kier molecular flexibility index (Phi) is 15.8. The first-order valence-corrected chi connectivity index (χ1v) is 14.9. The Morgan fingerprint density at radius 2 is 1.57 bits per heavy atom. The van der Waals surface area contributed by atoms with Crippen LogP contribution in [0.25, 0.3) is 0 Å². The predicted octanol–water partition coefficient (Wildman–Crippen LogP) is -4.20. The molecule has 2 aromatic rings. The molecule has 2 rings (SSSR count). The summed E-state index contributed by atoms with van der Waals surface area (Å²) in [6.07, 6.45) is 0.647. The van der Waals surface area contributed by atoms with Crippen LogP contribution in [0.5, 0.6) is 11.5 Å². The number of ether oxygens (including phenoxy) is 1. The van der Waals surface area contributed by atoms with Crippen LogP contribution in [0.1, 0.15) is 16.9 Å². The summed E-state index contributed by atoms with van der Waals surface area (Å²) in [5, 5.41) is 4.25. The number of hydrogen-bond donors (Lipinski definition) is 2. The number of methoxy groups -OCH3 is 1. The Labute approximate surface area is 254 Å². The molecule has 0 aliphatic carbocycles. The van der Waals surface area contributed by atoms with E-state index < -0.39 is 34.3 Å². The normalized spacial score (nSPS) is 15.7. The van der Waals surface area contributed by atoms with Gasteiger partial charge in [-0.15, -0.1) is 5.10 Å². The van der Waals surface area contributed by atoms with Gasteiger partial charge in [-0.1, -0.05) is 16.9 Å². The van der Waals surface area contributed by atoms with E-state index in [1.807, 2.05) is 12.1 Å². The van der Waals surface area contributed by atoms with Crippen LogP contribution >= 0.6 is 22.3 Å². The van der Waals surface area contributed by atoms with Crippen LogP contribution in [-0.2, 0) is 20.9 Å². The molecule has 0 radical (unpaired) electrons. The van der Waals surface area contributed by atoms with Gasteiger partial charge in [-0.2, -0.15) is 0 Å². The molecule has 0 heterocycles. The first-order chi connectivity index (χ1) is 15.3. The Balaban J connectivity index is 0.00000578. The fourth-order valence-electron chi connectivity index (χ4n) is 2.78. The van der Waals surface area contributed by atoms with Crippen LogP contribution in [0.2, 0.25) is 0 Å². The van der Waals surface area contributed by atoms with Gasteiger partial charge in [0.1, 0.15) is 13.3 Å². The van der Waals surface area contributed by atoms with E-state index in [0.717, 1.165) is 23.3 Å². The molecule has 4 unspecified atom stereocenters. The van der Waals surface area contributed by atoms with E-state index in [1.54, 1.807) is 32.5 Å². The molecule has 11 nitrogen and oxygen atoms in total. The van der Waals surface area contributed by atoms with Gasteiger partial charge in [0, 0.05) is 0 Å². The number of hydrogen-bond acceptors (Lipinski definition) is 9. The molecule has 0 fully saturated rings. The molecule has 0 saturated heterocycles. The van der Waals surface area contributed by atoms with Gasteiger partial charge in [0.15, 0.2) is 13.3 Å². The standard InChI is InChI=1S/C18H24N3O8P3S.2Na/c1-20(13-31(22,23)24)18(32(25,26)27)15-6-10-17(11-7-15)29-30(33)21(2)19-12-14-4-8-16(28-3)9-5-14;;/h4-12,18H,13H2,1-3H3,(H3-,22,23,24,25,26,27);;/q;2*+1/p-1/b19-12+;;. The first kappa shape index (κ1) is 35.3. The average molecular weight is 580 g/mol. The van der Waals surface area contributed by atoms with Crippen LogP contribution in [0, 0.1) is 0 Å². The van der Waals surface area contributed by atoms with Crippen molar-refractivity contribution < 1.29 is 97.1 Å². The molecule has 0 aromatic heterocycles. The zero-order valence-corrected chi connectivity index (χ0v) is 27.4. The quantitative estimate of drug-likeness (QED) is 0.115. The molecule has 0 aliphatic rings. The van der Waals surface area contributed by atoms with Gasteiger partial charge in [0.25, 0.3) is 0 Å². The maximum atomic E-state index is 11.8. The topological polar surface area (TPSA) is 158 Å². The van der Waals surface area contributed by atoms with E-state index in [4.69, 9.17) is 26.0 Å². The van der Waals surface area contributed by atoms with E-state index in [1.165, 1.54) is 29.0 Å². The van der Waals surface area contributed by atoms with Crippen molar-refractivity contribution >= 4 is 40.3 Å². The largest absolute Gasteiger partial charge is 1.00 e. The molecule has 0 spiro atoms. The van der Waals surface area contributed by atoms with E-state index in [2.05, 4.69) is 5.10 Å². The second-order valence-corrected chi connectivity index (χ2v) is 12.2. The van der Waals surface area contributed by atoms with Crippen molar-refractivity contribution in [2.24, 2.45) is 5.10 Å². The number of hydrazone groups is 1. The SMILES string of the molecule is COc1ccc(/C=N/N(C)[P+](=S)Oc2ccc(C(N(C)CP(=O)([O-])O)P(=O)([O-])O)cc2)cc1.[Na+].[Na+]. The Morgan fingerprint density at radius 3 is 2.03 bits per heavy atom. The van der Waals surface area contributed by atoms with Crippen molar-refractivity contribution in [1.29, 1.82) is 0 Å². The number of nitrogens with zero attached hydrogens (tertiary/aromatic N) is 3. The third-order valence-corrected chi connectivity index (χ3v) is 8.21. The van der Waals surface area contributed by atoms with Crippen molar-refractivity contribution in [2.45, 2.75) is 5.78 Å². The molecule has 2 aromatic carbocycles. The van der Waals surface area contributed by atoms with Crippen LogP contribution in [0.15, 0.2) is 53.6 Å². The zero-order chi connectivity index (χ0) is 24.8. The summed E-state index contributed by atoms with van der Waals surface area (Å²) in [5.41, 5.74) is 0.913. The van der Waals surface area contributed by atoms with E-state index in [0.29, 0.717) is 5.75 Å². The molecule has 0 bridgehead atoms. The van der Waals surface area contributed by atoms with Crippen molar-refractivity contribution in [3.8, 4) is 11.5 Å². The van der Waals surface area contributed by atoms with Crippen LogP contribution in [0.3, 0.4) is 0 Å². The van der Waals surface area contributed by atoms with Gasteiger partial charge in [-0.05, 0) is 54.6 Å². The molecule has 35 heavy (non-hydrogen) atoms. The predicted molar refractivity (Wildman–Crippen MR) is 125 cm³/mol. The van der Waals surface area contributed by atoms with E-state index in [-0.39, 0.29) is 64.7 Å². The van der Waals surface area contributed by atoms with Crippen molar-refractivity contribution in [3.63, 3.8) is 0 Å². The van der Waals surface area contributed by atoms with Gasteiger partial charge in [0.05, 0.1) is 32.4 Å². The minimum atomic E-state index is -5.03. The second-order valence-electron chi connectivity index (χ2n) is 6.88. The van der Waals surface area contributed by atoms with Gasteiger partial charge in [-0.25, -0.2) is 0 Å².